The summed E-state index contributed by atoms with van der Waals surface area (Å²) >= 11 is 0. The van der Waals surface area contributed by atoms with Crippen LogP contribution in [0, 0.1) is 0 Å². The maximum absolute atomic E-state index is 12.7. The molecule has 1 fully saturated rings. The predicted octanol–water partition coefficient (Wildman–Crippen LogP) is 1.51. The first-order valence-electron chi connectivity index (χ1n) is 8.63. The van der Waals surface area contributed by atoms with E-state index in [1.165, 1.54) is 0 Å². The Bertz CT molecular complexity index is 697. The lowest BCUT2D eigenvalue weighted by Gasteiger charge is -2.21. The van der Waals surface area contributed by atoms with Gasteiger partial charge in [0.2, 0.25) is 5.91 Å². The van der Waals surface area contributed by atoms with Crippen LogP contribution in [0.2, 0.25) is 0 Å². The largest absolute Gasteiger partial charge is 0.350 e. The molecule has 130 valence electrons. The minimum atomic E-state index is -0.601. The van der Waals surface area contributed by atoms with Crippen molar-refractivity contribution in [1.82, 2.24) is 16.0 Å². The van der Waals surface area contributed by atoms with Crippen molar-refractivity contribution in [2.24, 2.45) is 0 Å². The topological polar surface area (TPSA) is 70.2 Å². The number of hydrogen-bond acceptors (Lipinski definition) is 3. The Kier molecular flexibility index (Phi) is 5.80. The summed E-state index contributed by atoms with van der Waals surface area (Å²) < 4.78 is 0. The normalized spacial score (nSPS) is 17.7. The fourth-order valence-corrected chi connectivity index (χ4v) is 2.97. The van der Waals surface area contributed by atoms with Crippen molar-refractivity contribution in [3.63, 3.8) is 0 Å². The number of nitrogens with one attached hydrogen (secondary N) is 3. The SMILES string of the molecule is O=C(NC(Cc1ccccc1)C(=O)NC1CCNC1)c1ccccc1. The highest BCUT2D eigenvalue weighted by Crippen LogP contribution is 2.07. The molecular weight excluding hydrogens is 314 g/mol. The van der Waals surface area contributed by atoms with E-state index in [4.69, 9.17) is 0 Å². The second-order valence-electron chi connectivity index (χ2n) is 6.28. The molecule has 1 aliphatic rings. The molecule has 0 aliphatic carbocycles. The zero-order valence-corrected chi connectivity index (χ0v) is 14.1. The number of rotatable bonds is 6. The van der Waals surface area contributed by atoms with Gasteiger partial charge in [-0.1, -0.05) is 48.5 Å². The second kappa shape index (κ2) is 8.44. The summed E-state index contributed by atoms with van der Waals surface area (Å²) in [4.78, 5) is 25.2. The molecule has 0 spiro atoms. The molecule has 2 unspecified atom stereocenters. The molecule has 3 N–H and O–H groups in total. The summed E-state index contributed by atoms with van der Waals surface area (Å²) in [5.74, 6) is -0.372. The van der Waals surface area contributed by atoms with Gasteiger partial charge in [-0.05, 0) is 30.7 Å². The highest BCUT2D eigenvalue weighted by Gasteiger charge is 2.25. The first kappa shape index (κ1) is 17.2. The van der Waals surface area contributed by atoms with Crippen LogP contribution in [-0.2, 0) is 11.2 Å². The van der Waals surface area contributed by atoms with Crippen LogP contribution in [0.3, 0.4) is 0 Å². The van der Waals surface area contributed by atoms with Crippen LogP contribution in [0.15, 0.2) is 60.7 Å². The van der Waals surface area contributed by atoms with Gasteiger partial charge >= 0.3 is 0 Å². The third-order valence-electron chi connectivity index (χ3n) is 4.35. The van der Waals surface area contributed by atoms with Crippen molar-refractivity contribution in [1.29, 1.82) is 0 Å². The van der Waals surface area contributed by atoms with Crippen molar-refractivity contribution in [2.75, 3.05) is 13.1 Å². The third kappa shape index (κ3) is 4.90. The Morgan fingerprint density at radius 2 is 1.72 bits per heavy atom. The van der Waals surface area contributed by atoms with Crippen LogP contribution in [0.25, 0.3) is 0 Å². The van der Waals surface area contributed by atoms with Crippen LogP contribution in [-0.4, -0.2) is 37.0 Å². The van der Waals surface area contributed by atoms with Gasteiger partial charge < -0.3 is 16.0 Å². The quantitative estimate of drug-likeness (QED) is 0.748. The summed E-state index contributed by atoms with van der Waals surface area (Å²) in [7, 11) is 0. The van der Waals surface area contributed by atoms with E-state index in [-0.39, 0.29) is 17.9 Å². The molecule has 2 amide bonds. The summed E-state index contributed by atoms with van der Waals surface area (Å²) in [5, 5.41) is 9.15. The number of amides is 2. The number of benzene rings is 2. The summed E-state index contributed by atoms with van der Waals surface area (Å²) in [5.41, 5.74) is 1.57. The van der Waals surface area contributed by atoms with Crippen LogP contribution in [0.4, 0.5) is 0 Å². The Balaban J connectivity index is 1.71. The van der Waals surface area contributed by atoms with Crippen molar-refractivity contribution < 1.29 is 9.59 Å². The van der Waals surface area contributed by atoms with E-state index in [1.54, 1.807) is 12.1 Å². The van der Waals surface area contributed by atoms with Gasteiger partial charge in [-0.2, -0.15) is 0 Å². The van der Waals surface area contributed by atoms with Crippen LogP contribution in [0.5, 0.6) is 0 Å². The first-order chi connectivity index (χ1) is 12.2. The maximum atomic E-state index is 12.7. The van der Waals surface area contributed by atoms with Gasteiger partial charge in [-0.25, -0.2) is 0 Å². The fraction of sp³-hybridized carbons (Fsp3) is 0.300. The molecule has 5 heteroatoms. The molecule has 5 nitrogen and oxygen atoms in total. The molecule has 1 saturated heterocycles. The van der Waals surface area contributed by atoms with Gasteiger partial charge in [0.05, 0.1) is 0 Å². The van der Waals surface area contributed by atoms with E-state index in [1.807, 2.05) is 48.5 Å². The molecule has 0 saturated carbocycles. The lowest BCUT2D eigenvalue weighted by atomic mass is 10.0. The Morgan fingerprint density at radius 1 is 1.04 bits per heavy atom. The van der Waals surface area contributed by atoms with E-state index in [0.29, 0.717) is 12.0 Å². The van der Waals surface area contributed by atoms with E-state index in [0.717, 1.165) is 25.1 Å². The molecule has 0 radical (unpaired) electrons. The van der Waals surface area contributed by atoms with Crippen LogP contribution >= 0.6 is 0 Å². The molecule has 3 rings (SSSR count). The number of hydrogen-bond donors (Lipinski definition) is 3. The molecule has 0 aromatic heterocycles. The Morgan fingerprint density at radius 3 is 2.36 bits per heavy atom. The van der Waals surface area contributed by atoms with Gasteiger partial charge in [0.25, 0.3) is 5.91 Å². The smallest absolute Gasteiger partial charge is 0.251 e. The lowest BCUT2D eigenvalue weighted by Crippen LogP contribution is -2.51. The van der Waals surface area contributed by atoms with Crippen LogP contribution < -0.4 is 16.0 Å². The Hall–Kier alpha value is -2.66. The minimum absolute atomic E-state index is 0.124. The molecule has 1 heterocycles. The maximum Gasteiger partial charge on any atom is 0.251 e. The van der Waals surface area contributed by atoms with Gasteiger partial charge in [0, 0.05) is 24.6 Å². The minimum Gasteiger partial charge on any atom is -0.350 e. The molecule has 2 atom stereocenters. The van der Waals surface area contributed by atoms with Gasteiger partial charge in [-0.15, -0.1) is 0 Å². The molecule has 0 bridgehead atoms. The fourth-order valence-electron chi connectivity index (χ4n) is 2.97. The lowest BCUT2D eigenvalue weighted by molar-refractivity contribution is -0.123. The van der Waals surface area contributed by atoms with E-state index >= 15 is 0 Å². The van der Waals surface area contributed by atoms with E-state index < -0.39 is 6.04 Å². The van der Waals surface area contributed by atoms with Crippen molar-refractivity contribution >= 4 is 11.8 Å². The van der Waals surface area contributed by atoms with Crippen LogP contribution in [0.1, 0.15) is 22.3 Å². The highest BCUT2D eigenvalue weighted by molar-refractivity contribution is 5.97. The zero-order valence-electron chi connectivity index (χ0n) is 14.1. The van der Waals surface area contributed by atoms with Gasteiger partial charge in [0.15, 0.2) is 0 Å². The van der Waals surface area contributed by atoms with Crippen molar-refractivity contribution in [2.45, 2.75) is 24.9 Å². The molecule has 1 aliphatic heterocycles. The first-order valence-corrected chi connectivity index (χ1v) is 8.63. The zero-order chi connectivity index (χ0) is 17.5. The molecular formula is C20H23N3O2. The Labute approximate surface area is 147 Å². The molecule has 25 heavy (non-hydrogen) atoms. The molecule has 2 aromatic carbocycles. The summed E-state index contributed by atoms with van der Waals surface area (Å²) in [6.07, 6.45) is 1.38. The van der Waals surface area contributed by atoms with Crippen molar-refractivity contribution in [3.05, 3.63) is 71.8 Å². The average Bonchev–Trinajstić information content (AvgIpc) is 3.15. The average molecular weight is 337 g/mol. The number of carbonyl (C=O) groups excluding carboxylic acids is 2. The van der Waals surface area contributed by atoms with E-state index in [2.05, 4.69) is 16.0 Å². The third-order valence-corrected chi connectivity index (χ3v) is 4.35. The monoisotopic (exact) mass is 337 g/mol. The van der Waals surface area contributed by atoms with Gasteiger partial charge in [0.1, 0.15) is 6.04 Å². The molecule has 2 aromatic rings. The van der Waals surface area contributed by atoms with Crippen molar-refractivity contribution in [3.8, 4) is 0 Å². The summed E-state index contributed by atoms with van der Waals surface area (Å²) in [6, 6.07) is 18.2. The standard InChI is InChI=1S/C20H23N3O2/c24-19(16-9-5-2-6-10-16)23-18(13-15-7-3-1-4-8-15)20(25)22-17-11-12-21-14-17/h1-10,17-18,21H,11-14H2,(H,22,25)(H,23,24). The number of carbonyl (C=O) groups is 2. The van der Waals surface area contributed by atoms with E-state index in [9.17, 15) is 9.59 Å². The second-order valence-corrected chi connectivity index (χ2v) is 6.28. The predicted molar refractivity (Wildman–Crippen MR) is 97.3 cm³/mol. The summed E-state index contributed by atoms with van der Waals surface area (Å²) in [6.45, 7) is 1.68. The van der Waals surface area contributed by atoms with Gasteiger partial charge in [-0.3, -0.25) is 9.59 Å². The highest BCUT2D eigenvalue weighted by atomic mass is 16.2.